The molecule has 3 amide bonds. The second kappa shape index (κ2) is 11.2. The Morgan fingerprint density at radius 3 is 2.36 bits per heavy atom. The van der Waals surface area contributed by atoms with E-state index in [-0.39, 0.29) is 70.0 Å². The van der Waals surface area contributed by atoms with Gasteiger partial charge in [-0.1, -0.05) is 51.0 Å². The highest BCUT2D eigenvalue weighted by molar-refractivity contribution is 9.10. The van der Waals surface area contributed by atoms with Crippen LogP contribution in [-0.4, -0.2) is 34.6 Å². The summed E-state index contributed by atoms with van der Waals surface area (Å²) in [5, 5.41) is 4.34. The normalized spacial score (nSPS) is 27.7. The number of amides is 3. The number of thioether (sulfide) groups is 1. The molecule has 3 aromatic carbocycles. The quantitative estimate of drug-likeness (QED) is 0.219. The molecule has 7 atom stereocenters. The molecule has 2 aliphatic carbocycles. The summed E-state index contributed by atoms with van der Waals surface area (Å²) in [7, 11) is 0. The third kappa shape index (κ3) is 4.86. The van der Waals surface area contributed by atoms with E-state index in [1.165, 1.54) is 16.2 Å². The van der Waals surface area contributed by atoms with Crippen molar-refractivity contribution in [3.8, 4) is 5.75 Å². The molecule has 12 heteroatoms. The van der Waals surface area contributed by atoms with Crippen LogP contribution in [0.5, 0.6) is 5.75 Å². The lowest BCUT2D eigenvalue weighted by Gasteiger charge is -2.43. The average Bonchev–Trinajstić information content (AvgIpc) is 3.77. The van der Waals surface area contributed by atoms with Crippen LogP contribution in [-0.2, 0) is 14.4 Å². The smallest absolute Gasteiger partial charge is 0.305 e. The number of fused-ring (bicyclic) bond motifs is 9. The molecule has 2 aliphatic heterocycles. The van der Waals surface area contributed by atoms with E-state index in [1.807, 2.05) is 36.4 Å². The van der Waals surface area contributed by atoms with Gasteiger partial charge in [-0.2, -0.15) is 0 Å². The molecule has 8 nitrogen and oxygen atoms in total. The summed E-state index contributed by atoms with van der Waals surface area (Å²) in [6.45, 7) is -0.159. The molecule has 0 spiro atoms. The van der Waals surface area contributed by atoms with Crippen molar-refractivity contribution in [3.05, 3.63) is 102 Å². The number of carbonyl (C=O) groups excluding carboxylic acids is 3. The van der Waals surface area contributed by atoms with Gasteiger partial charge >= 0.3 is 4.87 Å². The van der Waals surface area contributed by atoms with E-state index in [0.29, 0.717) is 22.1 Å². The molecular weight excluding hydrogens is 698 g/mol. The molecule has 2 N–H and O–H groups in total. The first-order valence-electron chi connectivity index (χ1n) is 14.6. The predicted molar refractivity (Wildman–Crippen MR) is 177 cm³/mol. The number of aromatic nitrogens is 1. The number of carbonyl (C=O) groups is 3. The fourth-order valence-electron chi connectivity index (χ4n) is 7.89. The zero-order valence-corrected chi connectivity index (χ0v) is 27.4. The number of rotatable bonds is 6. The van der Waals surface area contributed by atoms with Gasteiger partial charge in [-0.3, -0.25) is 24.1 Å². The first kappa shape index (κ1) is 29.1. The van der Waals surface area contributed by atoms with Gasteiger partial charge in [0, 0.05) is 31.2 Å². The molecule has 1 saturated heterocycles. The van der Waals surface area contributed by atoms with Crippen LogP contribution in [0.25, 0.3) is 0 Å². The van der Waals surface area contributed by atoms with Gasteiger partial charge in [0.25, 0.3) is 5.91 Å². The van der Waals surface area contributed by atoms with Gasteiger partial charge in [0.05, 0.1) is 22.5 Å². The van der Waals surface area contributed by atoms with Gasteiger partial charge in [0.15, 0.2) is 6.61 Å². The minimum Gasteiger partial charge on any atom is -0.484 e. The van der Waals surface area contributed by atoms with E-state index >= 15 is 0 Å². The Bertz CT molecular complexity index is 1900. The van der Waals surface area contributed by atoms with Gasteiger partial charge in [0.1, 0.15) is 5.75 Å². The number of thiazole rings is 1. The molecule has 2 saturated carbocycles. The van der Waals surface area contributed by atoms with Gasteiger partial charge in [0.2, 0.25) is 11.8 Å². The predicted octanol–water partition coefficient (Wildman–Crippen LogP) is 6.55. The molecule has 228 valence electrons. The lowest BCUT2D eigenvalue weighted by molar-refractivity contribution is -0.123. The molecular formula is C33H25BrClN3O5S2. The number of hydrogen-bond acceptors (Lipinski definition) is 7. The summed E-state index contributed by atoms with van der Waals surface area (Å²) in [4.78, 5) is 58.0. The van der Waals surface area contributed by atoms with Crippen molar-refractivity contribution in [2.45, 2.75) is 22.6 Å². The molecule has 4 aromatic rings. The monoisotopic (exact) mass is 721 g/mol. The Morgan fingerprint density at radius 2 is 1.64 bits per heavy atom. The van der Waals surface area contributed by atoms with Crippen molar-refractivity contribution in [2.75, 3.05) is 16.8 Å². The lowest BCUT2D eigenvalue weighted by atomic mass is 9.68. The van der Waals surface area contributed by atoms with Crippen LogP contribution in [0.3, 0.4) is 0 Å². The summed E-state index contributed by atoms with van der Waals surface area (Å²) in [6, 6.07) is 21.8. The number of benzene rings is 3. The van der Waals surface area contributed by atoms with E-state index < -0.39 is 0 Å². The average molecular weight is 723 g/mol. The maximum atomic E-state index is 13.9. The van der Waals surface area contributed by atoms with E-state index in [1.54, 1.807) is 48.2 Å². The third-order valence-electron chi connectivity index (χ3n) is 9.55. The molecule has 4 aliphatic rings. The molecule has 3 fully saturated rings. The highest BCUT2D eigenvalue weighted by Crippen LogP contribution is 2.68. The maximum absolute atomic E-state index is 13.9. The minimum atomic E-state index is -0.366. The van der Waals surface area contributed by atoms with Crippen molar-refractivity contribution in [1.29, 1.82) is 0 Å². The van der Waals surface area contributed by atoms with Gasteiger partial charge in [-0.15, -0.1) is 11.8 Å². The van der Waals surface area contributed by atoms with Crippen molar-refractivity contribution in [3.63, 3.8) is 0 Å². The fraction of sp³-hybridized carbons (Fsp3) is 0.273. The Balaban J connectivity index is 1.05. The Hall–Kier alpha value is -3.38. The Morgan fingerprint density at radius 1 is 0.956 bits per heavy atom. The number of imide groups is 1. The molecule has 1 aromatic heterocycles. The molecule has 45 heavy (non-hydrogen) atoms. The van der Waals surface area contributed by atoms with E-state index in [9.17, 15) is 19.2 Å². The third-order valence-corrected chi connectivity index (χ3v) is 12.9. The summed E-state index contributed by atoms with van der Waals surface area (Å²) < 4.78 is 6.66. The summed E-state index contributed by atoms with van der Waals surface area (Å²) >= 11 is 12.2. The van der Waals surface area contributed by atoms with Crippen LogP contribution in [0.2, 0.25) is 5.02 Å². The number of nitrogens with one attached hydrogen (secondary N) is 2. The Kier molecular flexibility index (Phi) is 7.20. The Labute approximate surface area is 279 Å². The van der Waals surface area contributed by atoms with Crippen molar-refractivity contribution >= 4 is 79.7 Å². The zero-order chi connectivity index (χ0) is 31.0. The summed E-state index contributed by atoms with van der Waals surface area (Å²) in [5.74, 6) is -0.612. The second-order valence-corrected chi connectivity index (χ2v) is 15.4. The van der Waals surface area contributed by atoms with Crippen LogP contribution in [0, 0.1) is 29.6 Å². The van der Waals surface area contributed by atoms with Gasteiger partial charge < -0.3 is 15.0 Å². The van der Waals surface area contributed by atoms with E-state index in [2.05, 4.69) is 26.2 Å². The number of anilines is 2. The molecule has 8 rings (SSSR count). The highest BCUT2D eigenvalue weighted by Gasteiger charge is 2.69. The number of nitrogens with zero attached hydrogens (tertiary/aromatic N) is 1. The minimum absolute atomic E-state index is 0.0252. The van der Waals surface area contributed by atoms with Gasteiger partial charge in [-0.25, -0.2) is 0 Å². The lowest BCUT2D eigenvalue weighted by Crippen LogP contribution is -2.42. The number of H-pyrrole nitrogens is 1. The van der Waals surface area contributed by atoms with Crippen molar-refractivity contribution < 1.29 is 19.1 Å². The summed E-state index contributed by atoms with van der Waals surface area (Å²) in [6.07, 6.45) is 0.822. The SMILES string of the molecule is O=C(COc1ccc([C@H]2c3sc(=O)[nH]c3SC3C2[C@H]2C[C@@H]3C3C(=O)N(c4ccc(Br)cc4)C(=O)C32)cc1)Nc1ccc(Cl)cc1. The van der Waals surface area contributed by atoms with Crippen LogP contribution in [0.1, 0.15) is 22.8 Å². The summed E-state index contributed by atoms with van der Waals surface area (Å²) in [5.41, 5.74) is 2.25. The molecule has 4 unspecified atom stereocenters. The molecule has 0 radical (unpaired) electrons. The van der Waals surface area contributed by atoms with Crippen molar-refractivity contribution in [1.82, 2.24) is 4.98 Å². The first-order valence-corrected chi connectivity index (χ1v) is 17.4. The second-order valence-electron chi connectivity index (χ2n) is 11.9. The highest BCUT2D eigenvalue weighted by atomic mass is 79.9. The maximum Gasteiger partial charge on any atom is 0.305 e. The number of hydrogen-bond donors (Lipinski definition) is 2. The van der Waals surface area contributed by atoms with Crippen molar-refractivity contribution in [2.24, 2.45) is 29.6 Å². The molecule has 2 bridgehead atoms. The first-order chi connectivity index (χ1) is 21.8. The van der Waals surface area contributed by atoms with Gasteiger partial charge in [-0.05, 0) is 90.4 Å². The standard InChI is InChI=1S/C33H25BrClN3O5S2/c34-16-3-9-19(10-4-16)38-31(40)26-21-13-22(27(26)32(38)41)28-25(21)24(29-30(44-28)37-33(42)45-29)15-1-11-20(12-2-15)43-14-23(39)36-18-7-5-17(35)6-8-18/h1-12,21-22,24-28H,13-14H2,(H,36,39)(H,37,42)/t21-,22-,24-,25?,26?,27?,28?/m1/s1. The zero-order valence-electron chi connectivity index (χ0n) is 23.4. The largest absolute Gasteiger partial charge is 0.484 e. The number of halogens is 2. The fourth-order valence-corrected chi connectivity index (χ4v) is 11.2. The molecule has 3 heterocycles. The van der Waals surface area contributed by atoms with Crippen LogP contribution >= 0.6 is 50.6 Å². The van der Waals surface area contributed by atoms with Crippen LogP contribution < -0.4 is 19.8 Å². The number of ether oxygens (including phenoxy) is 1. The van der Waals surface area contributed by atoms with E-state index in [0.717, 1.165) is 26.4 Å². The number of aromatic amines is 1. The van der Waals surface area contributed by atoms with Crippen LogP contribution in [0.15, 0.2) is 87.1 Å². The topological polar surface area (TPSA) is 109 Å². The van der Waals surface area contributed by atoms with E-state index in [4.69, 9.17) is 16.3 Å². The van der Waals surface area contributed by atoms with Crippen LogP contribution in [0.4, 0.5) is 11.4 Å².